The number of amides is 2. The molecular weight excluding hydrogens is 214 g/mol. The number of hydrogen-bond donors (Lipinski definition) is 2. The molecule has 17 heavy (non-hydrogen) atoms. The molecule has 0 unspecified atom stereocenters. The second kappa shape index (κ2) is 6.24. The molecule has 0 aromatic heterocycles. The molecule has 3 N–H and O–H groups in total. The van der Waals surface area contributed by atoms with Crippen LogP contribution in [-0.4, -0.2) is 36.6 Å². The molecule has 0 saturated heterocycles. The minimum atomic E-state index is -0.109. The van der Waals surface area contributed by atoms with Gasteiger partial charge in [-0.3, -0.25) is 0 Å². The van der Waals surface area contributed by atoms with Crippen molar-refractivity contribution in [2.75, 3.05) is 20.1 Å². The van der Waals surface area contributed by atoms with Crippen molar-refractivity contribution in [1.29, 1.82) is 0 Å². The van der Waals surface area contributed by atoms with Crippen molar-refractivity contribution in [1.82, 2.24) is 10.2 Å². The summed E-state index contributed by atoms with van der Waals surface area (Å²) in [6, 6.07) is 0.0202. The molecule has 0 atom stereocenters. The van der Waals surface area contributed by atoms with Gasteiger partial charge in [0.25, 0.3) is 0 Å². The highest BCUT2D eigenvalue weighted by Gasteiger charge is 2.40. The van der Waals surface area contributed by atoms with Gasteiger partial charge >= 0.3 is 6.03 Å². The van der Waals surface area contributed by atoms with E-state index in [2.05, 4.69) is 19.2 Å². The molecule has 1 aliphatic rings. The number of urea groups is 1. The van der Waals surface area contributed by atoms with Gasteiger partial charge in [-0.15, -0.1) is 0 Å². The van der Waals surface area contributed by atoms with Gasteiger partial charge in [-0.25, -0.2) is 4.79 Å². The number of rotatable bonds is 4. The highest BCUT2D eigenvalue weighted by molar-refractivity contribution is 5.74. The molecule has 4 heteroatoms. The van der Waals surface area contributed by atoms with E-state index < -0.39 is 0 Å². The largest absolute Gasteiger partial charge is 0.341 e. The fourth-order valence-electron chi connectivity index (χ4n) is 2.80. The summed E-state index contributed by atoms with van der Waals surface area (Å²) < 4.78 is 0. The van der Waals surface area contributed by atoms with Gasteiger partial charge < -0.3 is 16.0 Å². The third-order valence-electron chi connectivity index (χ3n) is 4.06. The summed E-state index contributed by atoms with van der Waals surface area (Å²) in [5.74, 6) is 0.767. The predicted octanol–water partition coefficient (Wildman–Crippen LogP) is 1.95. The van der Waals surface area contributed by atoms with Crippen LogP contribution in [0.3, 0.4) is 0 Å². The Morgan fingerprint density at radius 3 is 2.47 bits per heavy atom. The molecule has 0 bridgehead atoms. The highest BCUT2D eigenvalue weighted by atomic mass is 16.2. The molecule has 0 aromatic rings. The Morgan fingerprint density at radius 1 is 1.47 bits per heavy atom. The van der Waals surface area contributed by atoms with Crippen molar-refractivity contribution >= 4 is 6.03 Å². The van der Waals surface area contributed by atoms with Crippen LogP contribution in [0.5, 0.6) is 0 Å². The first-order valence-corrected chi connectivity index (χ1v) is 6.79. The molecular formula is C13H27N3O. The van der Waals surface area contributed by atoms with Crippen molar-refractivity contribution in [2.45, 2.75) is 51.5 Å². The van der Waals surface area contributed by atoms with E-state index in [0.717, 1.165) is 31.7 Å². The third kappa shape index (κ3) is 3.12. The minimum Gasteiger partial charge on any atom is -0.341 e. The fraction of sp³-hybridized carbons (Fsp3) is 0.923. The van der Waals surface area contributed by atoms with E-state index in [-0.39, 0.29) is 11.6 Å². The van der Waals surface area contributed by atoms with E-state index in [1.165, 1.54) is 12.8 Å². The average molecular weight is 241 g/mol. The number of hydrogen-bond acceptors (Lipinski definition) is 2. The molecule has 0 aliphatic heterocycles. The maximum absolute atomic E-state index is 12.0. The smallest absolute Gasteiger partial charge is 0.317 e. The summed E-state index contributed by atoms with van der Waals surface area (Å²) in [5, 5.41) is 2.75. The zero-order valence-corrected chi connectivity index (χ0v) is 11.5. The Kier molecular flexibility index (Phi) is 5.25. The van der Waals surface area contributed by atoms with Crippen molar-refractivity contribution in [3.8, 4) is 0 Å². The van der Waals surface area contributed by atoms with Gasteiger partial charge in [0.1, 0.15) is 0 Å². The molecule has 0 spiro atoms. The Bertz CT molecular complexity index is 247. The van der Waals surface area contributed by atoms with Crippen LogP contribution in [0.1, 0.15) is 46.0 Å². The van der Waals surface area contributed by atoms with Crippen LogP contribution in [0, 0.1) is 5.92 Å². The van der Waals surface area contributed by atoms with Gasteiger partial charge in [-0.1, -0.05) is 13.8 Å². The Morgan fingerprint density at radius 2 is 2.06 bits per heavy atom. The van der Waals surface area contributed by atoms with E-state index in [1.54, 1.807) is 7.05 Å². The standard InChI is InChI=1S/C13H27N3O/c1-4-9-16(12(17)15-3)13(10-14)7-5-11(2)6-8-13/h11H,4-10,14H2,1-3H3,(H,15,17). The van der Waals surface area contributed by atoms with Gasteiger partial charge in [0.15, 0.2) is 0 Å². The summed E-state index contributed by atoms with van der Waals surface area (Å²) in [7, 11) is 1.70. The average Bonchev–Trinajstić information content (AvgIpc) is 2.37. The lowest BCUT2D eigenvalue weighted by Crippen LogP contribution is -2.60. The summed E-state index contributed by atoms with van der Waals surface area (Å²) in [6.07, 6.45) is 5.41. The van der Waals surface area contributed by atoms with Crippen LogP contribution in [0.2, 0.25) is 0 Å². The van der Waals surface area contributed by atoms with E-state index in [4.69, 9.17) is 5.73 Å². The zero-order valence-electron chi connectivity index (χ0n) is 11.5. The monoisotopic (exact) mass is 241 g/mol. The third-order valence-corrected chi connectivity index (χ3v) is 4.06. The molecule has 100 valence electrons. The van der Waals surface area contributed by atoms with Crippen LogP contribution in [0.25, 0.3) is 0 Å². The number of nitrogens with zero attached hydrogens (tertiary/aromatic N) is 1. The van der Waals surface area contributed by atoms with Crippen molar-refractivity contribution in [3.05, 3.63) is 0 Å². The first kappa shape index (κ1) is 14.3. The normalized spacial score (nSPS) is 28.8. The maximum atomic E-state index is 12.0. The van der Waals surface area contributed by atoms with Gasteiger partial charge in [0.2, 0.25) is 0 Å². The summed E-state index contributed by atoms with van der Waals surface area (Å²) >= 11 is 0. The zero-order chi connectivity index (χ0) is 12.9. The second-order valence-corrected chi connectivity index (χ2v) is 5.32. The van der Waals surface area contributed by atoms with Crippen LogP contribution < -0.4 is 11.1 Å². The van der Waals surface area contributed by atoms with E-state index >= 15 is 0 Å². The lowest BCUT2D eigenvalue weighted by molar-refractivity contribution is 0.0720. The SMILES string of the molecule is CCCN(C(=O)NC)C1(CN)CCC(C)CC1. The summed E-state index contributed by atoms with van der Waals surface area (Å²) in [4.78, 5) is 14.0. The fourth-order valence-corrected chi connectivity index (χ4v) is 2.80. The molecule has 1 aliphatic carbocycles. The first-order valence-electron chi connectivity index (χ1n) is 6.79. The molecule has 4 nitrogen and oxygen atoms in total. The highest BCUT2D eigenvalue weighted by Crippen LogP contribution is 2.35. The molecule has 0 heterocycles. The molecule has 2 amide bonds. The first-order chi connectivity index (χ1) is 8.09. The van der Waals surface area contributed by atoms with E-state index in [1.807, 2.05) is 4.90 Å². The lowest BCUT2D eigenvalue weighted by Gasteiger charge is -2.47. The number of carbonyl (C=O) groups excluding carboxylic acids is 1. The predicted molar refractivity (Wildman–Crippen MR) is 70.9 cm³/mol. The van der Waals surface area contributed by atoms with Crippen molar-refractivity contribution < 1.29 is 4.79 Å². The van der Waals surface area contributed by atoms with Crippen LogP contribution in [0.4, 0.5) is 4.79 Å². The van der Waals surface area contributed by atoms with E-state index in [9.17, 15) is 4.79 Å². The van der Waals surface area contributed by atoms with Gasteiger partial charge in [-0.2, -0.15) is 0 Å². The second-order valence-electron chi connectivity index (χ2n) is 5.32. The van der Waals surface area contributed by atoms with Gasteiger partial charge in [-0.05, 0) is 38.0 Å². The molecule has 0 radical (unpaired) electrons. The topological polar surface area (TPSA) is 58.4 Å². The number of nitrogens with two attached hydrogens (primary N) is 1. The molecule has 1 saturated carbocycles. The molecule has 0 aromatic carbocycles. The quantitative estimate of drug-likeness (QED) is 0.790. The summed E-state index contributed by atoms with van der Waals surface area (Å²) in [5.41, 5.74) is 5.88. The van der Waals surface area contributed by atoms with Crippen molar-refractivity contribution in [3.63, 3.8) is 0 Å². The molecule has 1 rings (SSSR count). The van der Waals surface area contributed by atoms with Crippen LogP contribution in [0.15, 0.2) is 0 Å². The van der Waals surface area contributed by atoms with Gasteiger partial charge in [0, 0.05) is 20.1 Å². The Labute approximate surface area is 105 Å². The minimum absolute atomic E-state index is 0.0202. The summed E-state index contributed by atoms with van der Waals surface area (Å²) in [6.45, 7) is 5.76. The lowest BCUT2D eigenvalue weighted by atomic mass is 9.76. The van der Waals surface area contributed by atoms with Crippen LogP contribution in [-0.2, 0) is 0 Å². The van der Waals surface area contributed by atoms with Crippen LogP contribution >= 0.6 is 0 Å². The Hall–Kier alpha value is -0.770. The van der Waals surface area contributed by atoms with Gasteiger partial charge in [0.05, 0.1) is 5.54 Å². The number of nitrogens with one attached hydrogen (secondary N) is 1. The van der Waals surface area contributed by atoms with E-state index in [0.29, 0.717) is 6.54 Å². The molecule has 1 fully saturated rings. The Balaban J connectivity index is 2.83. The van der Waals surface area contributed by atoms with Crippen molar-refractivity contribution in [2.24, 2.45) is 11.7 Å². The number of carbonyl (C=O) groups is 1. The maximum Gasteiger partial charge on any atom is 0.317 e.